The van der Waals surface area contributed by atoms with Crippen molar-refractivity contribution in [3.05, 3.63) is 22.7 Å². The first kappa shape index (κ1) is 14.8. The summed E-state index contributed by atoms with van der Waals surface area (Å²) < 4.78 is 33.3. The summed E-state index contributed by atoms with van der Waals surface area (Å²) in [5.74, 6) is 0. The monoisotopic (exact) mass is 348 g/mol. The molecule has 1 fully saturated rings. The first-order valence-corrected chi connectivity index (χ1v) is 8.27. The molecule has 1 heterocycles. The maximum atomic E-state index is 12.3. The van der Waals surface area contributed by atoms with Crippen LogP contribution in [0.15, 0.2) is 27.6 Å². The predicted molar refractivity (Wildman–Crippen MR) is 77.3 cm³/mol. The minimum Gasteiger partial charge on any atom is -0.398 e. The van der Waals surface area contributed by atoms with Crippen molar-refractivity contribution in [1.29, 1.82) is 0 Å². The molecular weight excluding hydrogens is 332 g/mol. The van der Waals surface area contributed by atoms with E-state index in [1.807, 2.05) is 6.92 Å². The lowest BCUT2D eigenvalue weighted by atomic mass is 9.97. The number of nitrogens with one attached hydrogen (secondary N) is 1. The Morgan fingerprint density at radius 2 is 2.21 bits per heavy atom. The Kier molecular flexibility index (Phi) is 4.20. The molecule has 0 amide bonds. The summed E-state index contributed by atoms with van der Waals surface area (Å²) in [4.78, 5) is 0.195. The average Bonchev–Trinajstić information content (AvgIpc) is 2.32. The third-order valence-corrected chi connectivity index (χ3v) is 5.42. The zero-order valence-electron chi connectivity index (χ0n) is 10.6. The van der Waals surface area contributed by atoms with Crippen molar-refractivity contribution in [1.82, 2.24) is 4.72 Å². The molecule has 0 aliphatic carbocycles. The number of rotatable bonds is 3. The van der Waals surface area contributed by atoms with E-state index in [9.17, 15) is 8.42 Å². The van der Waals surface area contributed by atoms with Gasteiger partial charge in [0.1, 0.15) is 0 Å². The molecule has 5 nitrogen and oxygen atoms in total. The van der Waals surface area contributed by atoms with Gasteiger partial charge in [0.05, 0.1) is 17.0 Å². The number of nitrogen functional groups attached to an aromatic ring is 1. The summed E-state index contributed by atoms with van der Waals surface area (Å²) in [7, 11) is -3.57. The molecular formula is C12H17BrN2O3S. The summed E-state index contributed by atoms with van der Waals surface area (Å²) in [5.41, 5.74) is 5.62. The van der Waals surface area contributed by atoms with Gasteiger partial charge in [-0.25, -0.2) is 13.1 Å². The van der Waals surface area contributed by atoms with Crippen molar-refractivity contribution in [3.8, 4) is 0 Å². The molecule has 1 saturated heterocycles. The van der Waals surface area contributed by atoms with Gasteiger partial charge in [0.2, 0.25) is 10.0 Å². The van der Waals surface area contributed by atoms with E-state index in [0.29, 0.717) is 23.4 Å². The van der Waals surface area contributed by atoms with Crippen LogP contribution in [0, 0.1) is 0 Å². The lowest BCUT2D eigenvalue weighted by molar-refractivity contribution is 0.0386. The van der Waals surface area contributed by atoms with E-state index in [4.69, 9.17) is 10.5 Å². The Morgan fingerprint density at radius 1 is 1.47 bits per heavy atom. The summed E-state index contributed by atoms with van der Waals surface area (Å²) in [6.45, 7) is 2.93. The number of hydrogen-bond acceptors (Lipinski definition) is 4. The lowest BCUT2D eigenvalue weighted by Crippen LogP contribution is -2.51. The largest absolute Gasteiger partial charge is 0.398 e. The first-order valence-electron chi connectivity index (χ1n) is 5.99. The summed E-state index contributed by atoms with van der Waals surface area (Å²) in [5, 5.41) is 0. The highest BCUT2D eigenvalue weighted by atomic mass is 79.9. The molecule has 0 saturated carbocycles. The molecule has 1 atom stereocenters. The Labute approximate surface area is 121 Å². The second-order valence-electron chi connectivity index (χ2n) is 5.01. The van der Waals surface area contributed by atoms with Crippen LogP contribution in [0.3, 0.4) is 0 Å². The van der Waals surface area contributed by atoms with Gasteiger partial charge in [-0.05, 0) is 53.9 Å². The number of sulfonamides is 1. The van der Waals surface area contributed by atoms with Crippen LogP contribution in [0.5, 0.6) is 0 Å². The highest BCUT2D eigenvalue weighted by Crippen LogP contribution is 2.25. The van der Waals surface area contributed by atoms with E-state index < -0.39 is 15.6 Å². The van der Waals surface area contributed by atoms with Gasteiger partial charge in [-0.1, -0.05) is 0 Å². The number of nitrogens with two attached hydrogens (primary N) is 1. The molecule has 7 heteroatoms. The fourth-order valence-electron chi connectivity index (χ4n) is 2.07. The van der Waals surface area contributed by atoms with Crippen LogP contribution < -0.4 is 10.5 Å². The van der Waals surface area contributed by atoms with E-state index in [1.54, 1.807) is 6.07 Å². The highest BCUT2D eigenvalue weighted by molar-refractivity contribution is 9.10. The number of ether oxygens (including phenoxy) is 1. The van der Waals surface area contributed by atoms with Crippen LogP contribution in [-0.4, -0.2) is 27.2 Å². The van der Waals surface area contributed by atoms with Crippen LogP contribution in [0.1, 0.15) is 19.8 Å². The summed E-state index contributed by atoms with van der Waals surface area (Å²) in [6, 6.07) is 4.57. The van der Waals surface area contributed by atoms with Gasteiger partial charge < -0.3 is 10.5 Å². The molecule has 0 aromatic heterocycles. The smallest absolute Gasteiger partial charge is 0.241 e. The van der Waals surface area contributed by atoms with Crippen LogP contribution in [-0.2, 0) is 14.8 Å². The Bertz CT molecular complexity index is 568. The topological polar surface area (TPSA) is 81.4 Å². The van der Waals surface area contributed by atoms with Crippen molar-refractivity contribution in [2.24, 2.45) is 0 Å². The van der Waals surface area contributed by atoms with Crippen molar-refractivity contribution in [3.63, 3.8) is 0 Å². The fraction of sp³-hybridized carbons (Fsp3) is 0.500. The second kappa shape index (κ2) is 5.40. The molecule has 1 aliphatic rings. The third kappa shape index (κ3) is 3.47. The van der Waals surface area contributed by atoms with Gasteiger partial charge >= 0.3 is 0 Å². The second-order valence-corrected chi connectivity index (χ2v) is 7.54. The van der Waals surface area contributed by atoms with E-state index in [1.165, 1.54) is 12.1 Å². The molecule has 1 aromatic carbocycles. The molecule has 2 rings (SSSR count). The zero-order chi connectivity index (χ0) is 14.1. The molecule has 0 bridgehead atoms. The van der Waals surface area contributed by atoms with E-state index >= 15 is 0 Å². The zero-order valence-corrected chi connectivity index (χ0v) is 13.1. The maximum Gasteiger partial charge on any atom is 0.241 e. The summed E-state index contributed by atoms with van der Waals surface area (Å²) >= 11 is 3.24. The van der Waals surface area contributed by atoms with Gasteiger partial charge in [0.25, 0.3) is 0 Å². The molecule has 1 aliphatic heterocycles. The Hall–Kier alpha value is -0.630. The predicted octanol–water partition coefficient (Wildman–Crippen LogP) is 1.88. The molecule has 3 N–H and O–H groups in total. The highest BCUT2D eigenvalue weighted by Gasteiger charge is 2.33. The molecule has 0 radical (unpaired) electrons. The van der Waals surface area contributed by atoms with Gasteiger partial charge in [0, 0.05) is 16.8 Å². The fourth-order valence-corrected chi connectivity index (χ4v) is 4.05. The normalized spacial score (nSPS) is 24.3. The van der Waals surface area contributed by atoms with Crippen molar-refractivity contribution in [2.75, 3.05) is 18.9 Å². The average molecular weight is 349 g/mol. The van der Waals surface area contributed by atoms with Crippen molar-refractivity contribution >= 4 is 31.6 Å². The quantitative estimate of drug-likeness (QED) is 0.817. The molecule has 1 aromatic rings. The lowest BCUT2D eigenvalue weighted by Gasteiger charge is -2.33. The van der Waals surface area contributed by atoms with Crippen LogP contribution in [0.25, 0.3) is 0 Å². The van der Waals surface area contributed by atoms with Crippen molar-refractivity contribution in [2.45, 2.75) is 30.2 Å². The standard InChI is InChI=1S/C12H17BrN2O3S/c1-12(5-2-6-18-8-12)15-19(16,17)9-3-4-11(14)10(13)7-9/h3-4,7,15H,2,5-6,8,14H2,1H3. The molecule has 0 spiro atoms. The third-order valence-electron chi connectivity index (χ3n) is 3.10. The Balaban J connectivity index is 2.24. The summed E-state index contributed by atoms with van der Waals surface area (Å²) in [6.07, 6.45) is 1.62. The van der Waals surface area contributed by atoms with Crippen LogP contribution in [0.4, 0.5) is 5.69 Å². The van der Waals surface area contributed by atoms with E-state index in [2.05, 4.69) is 20.7 Å². The number of anilines is 1. The van der Waals surface area contributed by atoms with Gasteiger partial charge in [0.15, 0.2) is 0 Å². The number of halogens is 1. The Morgan fingerprint density at radius 3 is 2.79 bits per heavy atom. The maximum absolute atomic E-state index is 12.3. The first-order chi connectivity index (χ1) is 8.82. The minimum absolute atomic E-state index is 0.195. The van der Waals surface area contributed by atoms with Gasteiger partial charge in [-0.2, -0.15) is 0 Å². The number of benzene rings is 1. The van der Waals surface area contributed by atoms with Gasteiger partial charge in [-0.15, -0.1) is 0 Å². The van der Waals surface area contributed by atoms with E-state index in [0.717, 1.165) is 12.8 Å². The number of hydrogen-bond donors (Lipinski definition) is 2. The van der Waals surface area contributed by atoms with Crippen LogP contribution in [0.2, 0.25) is 0 Å². The van der Waals surface area contributed by atoms with E-state index in [-0.39, 0.29) is 4.90 Å². The van der Waals surface area contributed by atoms with Gasteiger partial charge in [-0.3, -0.25) is 0 Å². The van der Waals surface area contributed by atoms with Crippen molar-refractivity contribution < 1.29 is 13.2 Å². The SMILES string of the molecule is CC1(NS(=O)(=O)c2ccc(N)c(Br)c2)CCCOC1. The minimum atomic E-state index is -3.57. The molecule has 106 valence electrons. The van der Waals surface area contributed by atoms with Crippen LogP contribution >= 0.6 is 15.9 Å². The molecule has 19 heavy (non-hydrogen) atoms. The molecule has 1 unspecified atom stereocenters.